The van der Waals surface area contributed by atoms with Crippen LogP contribution in [0.25, 0.3) is 71.3 Å². The second-order valence-corrected chi connectivity index (χ2v) is 13.3. The van der Waals surface area contributed by atoms with E-state index in [0.29, 0.717) is 0 Å². The van der Waals surface area contributed by atoms with Gasteiger partial charge in [-0.3, -0.25) is 0 Å². The van der Waals surface area contributed by atoms with E-state index < -0.39 is 0 Å². The van der Waals surface area contributed by atoms with Crippen LogP contribution in [0.15, 0.2) is 206 Å². The van der Waals surface area contributed by atoms with Crippen LogP contribution in [0, 0.1) is 0 Å². The summed E-state index contributed by atoms with van der Waals surface area (Å²) in [5.74, 6) is 0. The van der Waals surface area contributed by atoms with Crippen LogP contribution < -0.4 is 4.90 Å². The Labute approximate surface area is 303 Å². The first-order chi connectivity index (χ1) is 25.8. The second kappa shape index (κ2) is 12.5. The van der Waals surface area contributed by atoms with Gasteiger partial charge in [0.1, 0.15) is 0 Å². The number of fused-ring (bicyclic) bond motifs is 6. The van der Waals surface area contributed by atoms with Crippen LogP contribution in [0.5, 0.6) is 0 Å². The molecule has 0 bridgehead atoms. The van der Waals surface area contributed by atoms with Crippen LogP contribution in [0.3, 0.4) is 0 Å². The Morgan fingerprint density at radius 2 is 0.942 bits per heavy atom. The van der Waals surface area contributed by atoms with Gasteiger partial charge in [-0.2, -0.15) is 0 Å². The van der Waals surface area contributed by atoms with Gasteiger partial charge in [0.15, 0.2) is 0 Å². The first kappa shape index (κ1) is 30.0. The van der Waals surface area contributed by atoms with E-state index in [1.54, 1.807) is 0 Å². The molecule has 0 saturated carbocycles. The van der Waals surface area contributed by atoms with Crippen molar-refractivity contribution in [2.75, 3.05) is 4.90 Å². The zero-order valence-corrected chi connectivity index (χ0v) is 28.5. The quantitative estimate of drug-likeness (QED) is 0.172. The van der Waals surface area contributed by atoms with Crippen LogP contribution in [0.2, 0.25) is 0 Å². The molecule has 244 valence electrons. The topological polar surface area (TPSA) is 8.17 Å². The molecule has 0 radical (unpaired) electrons. The minimum atomic E-state index is 1.10. The summed E-state index contributed by atoms with van der Waals surface area (Å²) < 4.78 is 2.42. The van der Waals surface area contributed by atoms with E-state index in [9.17, 15) is 0 Å². The first-order valence-corrected chi connectivity index (χ1v) is 17.9. The molecule has 0 amide bonds. The zero-order valence-electron chi connectivity index (χ0n) is 28.5. The Bertz CT molecular complexity index is 2880. The van der Waals surface area contributed by atoms with Crippen molar-refractivity contribution in [3.8, 4) is 27.9 Å². The summed E-state index contributed by atoms with van der Waals surface area (Å²) in [6.45, 7) is 0. The maximum atomic E-state index is 2.42. The highest BCUT2D eigenvalue weighted by Crippen LogP contribution is 2.44. The number of para-hydroxylation sites is 2. The zero-order chi connectivity index (χ0) is 34.4. The molecule has 1 aromatic heterocycles. The van der Waals surface area contributed by atoms with Crippen molar-refractivity contribution in [2.24, 2.45) is 0 Å². The average Bonchev–Trinajstić information content (AvgIpc) is 3.56. The molecule has 1 heterocycles. The fourth-order valence-corrected chi connectivity index (χ4v) is 7.99. The molecule has 0 aliphatic heterocycles. The Morgan fingerprint density at radius 3 is 1.75 bits per heavy atom. The molecule has 0 atom stereocenters. The molecule has 2 heteroatoms. The van der Waals surface area contributed by atoms with Crippen molar-refractivity contribution >= 4 is 60.4 Å². The summed E-state index contributed by atoms with van der Waals surface area (Å²) in [6.07, 6.45) is 0. The minimum Gasteiger partial charge on any atom is -0.310 e. The van der Waals surface area contributed by atoms with E-state index in [-0.39, 0.29) is 0 Å². The van der Waals surface area contributed by atoms with E-state index in [4.69, 9.17) is 0 Å². The van der Waals surface area contributed by atoms with Crippen molar-refractivity contribution in [1.82, 2.24) is 4.57 Å². The molecule has 9 aromatic carbocycles. The lowest BCUT2D eigenvalue weighted by Crippen LogP contribution is -2.11. The van der Waals surface area contributed by atoms with Crippen LogP contribution in [0.1, 0.15) is 0 Å². The molecule has 10 rings (SSSR count). The number of aromatic nitrogens is 1. The van der Waals surface area contributed by atoms with Gasteiger partial charge in [0.2, 0.25) is 0 Å². The second-order valence-electron chi connectivity index (χ2n) is 13.3. The molecule has 2 nitrogen and oxygen atoms in total. The summed E-state index contributed by atoms with van der Waals surface area (Å²) in [5, 5.41) is 7.54. The van der Waals surface area contributed by atoms with Crippen molar-refractivity contribution in [3.63, 3.8) is 0 Å². The van der Waals surface area contributed by atoms with E-state index in [1.165, 1.54) is 65.6 Å². The predicted molar refractivity (Wildman–Crippen MR) is 221 cm³/mol. The first-order valence-electron chi connectivity index (χ1n) is 17.9. The van der Waals surface area contributed by atoms with Gasteiger partial charge in [-0.1, -0.05) is 158 Å². The molecule has 0 spiro atoms. The van der Waals surface area contributed by atoms with Crippen molar-refractivity contribution in [3.05, 3.63) is 206 Å². The highest BCUT2D eigenvalue weighted by atomic mass is 15.1. The average molecular weight is 663 g/mol. The predicted octanol–water partition coefficient (Wildman–Crippen LogP) is 13.9. The number of hydrogen-bond donors (Lipinski definition) is 0. The normalized spacial score (nSPS) is 11.5. The van der Waals surface area contributed by atoms with E-state index in [2.05, 4.69) is 216 Å². The molecular weight excluding hydrogens is 629 g/mol. The maximum Gasteiger partial charge on any atom is 0.0562 e. The molecule has 0 aliphatic carbocycles. The van der Waals surface area contributed by atoms with E-state index in [0.717, 1.165) is 22.7 Å². The summed E-state index contributed by atoms with van der Waals surface area (Å²) in [7, 11) is 0. The maximum absolute atomic E-state index is 2.42. The third-order valence-electron chi connectivity index (χ3n) is 10.4. The number of benzene rings is 9. The fourth-order valence-electron chi connectivity index (χ4n) is 7.99. The van der Waals surface area contributed by atoms with Crippen LogP contribution in [0.4, 0.5) is 17.1 Å². The van der Waals surface area contributed by atoms with Gasteiger partial charge >= 0.3 is 0 Å². The third-order valence-corrected chi connectivity index (χ3v) is 10.4. The smallest absolute Gasteiger partial charge is 0.0562 e. The SMILES string of the molecule is c1ccc(-c2ccccc2N(c2ccc(-c3cccc4ccccc34)cc2)c2ccc3c4c5ccccc5ccc4n(-c4ccccc4)c3c2)cc1. The van der Waals surface area contributed by atoms with Gasteiger partial charge < -0.3 is 9.47 Å². The lowest BCUT2D eigenvalue weighted by atomic mass is 9.97. The van der Waals surface area contributed by atoms with Gasteiger partial charge in [-0.25, -0.2) is 0 Å². The number of rotatable bonds is 6. The van der Waals surface area contributed by atoms with Gasteiger partial charge in [0.25, 0.3) is 0 Å². The molecule has 0 saturated heterocycles. The number of anilines is 3. The van der Waals surface area contributed by atoms with Crippen molar-refractivity contribution < 1.29 is 0 Å². The van der Waals surface area contributed by atoms with Crippen LogP contribution >= 0.6 is 0 Å². The molecule has 0 N–H and O–H groups in total. The molecule has 0 fully saturated rings. The van der Waals surface area contributed by atoms with Gasteiger partial charge in [-0.15, -0.1) is 0 Å². The van der Waals surface area contributed by atoms with Crippen LogP contribution in [-0.2, 0) is 0 Å². The number of nitrogens with zero attached hydrogens (tertiary/aromatic N) is 2. The highest BCUT2D eigenvalue weighted by molar-refractivity contribution is 6.21. The third kappa shape index (κ3) is 4.96. The summed E-state index contributed by atoms with van der Waals surface area (Å²) >= 11 is 0. The monoisotopic (exact) mass is 662 g/mol. The van der Waals surface area contributed by atoms with Gasteiger partial charge in [0, 0.05) is 33.4 Å². The molecule has 52 heavy (non-hydrogen) atoms. The lowest BCUT2D eigenvalue weighted by molar-refractivity contribution is 1.18. The Balaban J connectivity index is 1.22. The van der Waals surface area contributed by atoms with E-state index in [1.807, 2.05) is 0 Å². The van der Waals surface area contributed by atoms with Crippen LogP contribution in [-0.4, -0.2) is 4.57 Å². The Kier molecular flexibility index (Phi) is 7.18. The van der Waals surface area contributed by atoms with Gasteiger partial charge in [-0.05, 0) is 86.8 Å². The molecule has 0 unspecified atom stereocenters. The van der Waals surface area contributed by atoms with E-state index >= 15 is 0 Å². The number of hydrogen-bond acceptors (Lipinski definition) is 1. The molecule has 10 aromatic rings. The highest BCUT2D eigenvalue weighted by Gasteiger charge is 2.21. The Morgan fingerprint density at radius 1 is 0.346 bits per heavy atom. The molecular formula is C50H34N2. The van der Waals surface area contributed by atoms with Crippen molar-refractivity contribution in [2.45, 2.75) is 0 Å². The largest absolute Gasteiger partial charge is 0.310 e. The summed E-state index contributed by atoms with van der Waals surface area (Å²) in [6, 6.07) is 74.7. The lowest BCUT2D eigenvalue weighted by Gasteiger charge is -2.28. The minimum absolute atomic E-state index is 1.10. The standard InChI is InChI=1S/C50H34N2/c1-3-14-36(15-4-1)44-22-11-12-25-47(44)51(40-29-26-38(27-30-40)43-24-13-18-35-16-7-9-21-42(35)43)41-31-32-46-49(34-41)52(39-19-5-2-6-20-39)48-33-28-37-17-8-10-23-45(37)50(46)48/h1-34H. The molecule has 0 aliphatic rings. The summed E-state index contributed by atoms with van der Waals surface area (Å²) in [4.78, 5) is 2.42. The van der Waals surface area contributed by atoms with Crippen molar-refractivity contribution in [1.29, 1.82) is 0 Å². The van der Waals surface area contributed by atoms with Gasteiger partial charge in [0.05, 0.1) is 16.7 Å². The Hall–Kier alpha value is -6.90. The summed E-state index contributed by atoms with van der Waals surface area (Å²) in [5.41, 5.74) is 11.6. The fraction of sp³-hybridized carbons (Fsp3) is 0.